The van der Waals surface area contributed by atoms with Gasteiger partial charge in [-0.2, -0.15) is 0 Å². The molecule has 0 aliphatic rings. The molecule has 2 aromatic rings. The SMILES string of the molecule is COc1ccc(F)cc1C(C)NC(C)c1ccncc1. The molecule has 0 spiro atoms. The maximum absolute atomic E-state index is 13.4. The molecule has 0 aliphatic carbocycles. The van der Waals surface area contributed by atoms with Crippen molar-refractivity contribution in [3.05, 3.63) is 59.7 Å². The van der Waals surface area contributed by atoms with Crippen LogP contribution in [0, 0.1) is 5.82 Å². The van der Waals surface area contributed by atoms with Gasteiger partial charge in [0.2, 0.25) is 0 Å². The van der Waals surface area contributed by atoms with E-state index in [9.17, 15) is 4.39 Å². The first-order chi connectivity index (χ1) is 9.61. The number of methoxy groups -OCH3 is 1. The Morgan fingerprint density at radius 2 is 1.80 bits per heavy atom. The molecule has 0 saturated carbocycles. The molecule has 106 valence electrons. The van der Waals surface area contributed by atoms with E-state index in [1.54, 1.807) is 25.6 Å². The van der Waals surface area contributed by atoms with Crippen molar-refractivity contribution < 1.29 is 9.13 Å². The van der Waals surface area contributed by atoms with Crippen molar-refractivity contribution in [3.8, 4) is 5.75 Å². The summed E-state index contributed by atoms with van der Waals surface area (Å²) in [6, 6.07) is 8.61. The molecule has 0 fully saturated rings. The predicted octanol–water partition coefficient (Wildman–Crippen LogP) is 3.64. The molecule has 2 atom stereocenters. The maximum atomic E-state index is 13.4. The summed E-state index contributed by atoms with van der Waals surface area (Å²) in [7, 11) is 1.59. The Labute approximate surface area is 118 Å². The molecule has 0 saturated heterocycles. The Morgan fingerprint density at radius 3 is 2.45 bits per heavy atom. The van der Waals surface area contributed by atoms with Gasteiger partial charge in [0, 0.05) is 30.0 Å². The van der Waals surface area contributed by atoms with Gasteiger partial charge in [0.05, 0.1) is 7.11 Å². The number of nitrogens with zero attached hydrogens (tertiary/aromatic N) is 1. The van der Waals surface area contributed by atoms with Crippen molar-refractivity contribution in [3.63, 3.8) is 0 Å². The van der Waals surface area contributed by atoms with Gasteiger partial charge >= 0.3 is 0 Å². The van der Waals surface area contributed by atoms with Gasteiger partial charge in [-0.25, -0.2) is 4.39 Å². The molecule has 2 unspecified atom stereocenters. The summed E-state index contributed by atoms with van der Waals surface area (Å²) in [5.41, 5.74) is 1.95. The van der Waals surface area contributed by atoms with Crippen LogP contribution >= 0.6 is 0 Å². The topological polar surface area (TPSA) is 34.1 Å². The second-order valence-corrected chi connectivity index (χ2v) is 4.78. The fraction of sp³-hybridized carbons (Fsp3) is 0.312. The van der Waals surface area contributed by atoms with E-state index in [4.69, 9.17) is 4.74 Å². The van der Waals surface area contributed by atoms with E-state index in [0.29, 0.717) is 5.75 Å². The van der Waals surface area contributed by atoms with Crippen LogP contribution in [0.2, 0.25) is 0 Å². The summed E-state index contributed by atoms with van der Waals surface area (Å²) in [5, 5.41) is 3.44. The van der Waals surface area contributed by atoms with Crippen LogP contribution in [0.25, 0.3) is 0 Å². The largest absolute Gasteiger partial charge is 0.496 e. The third-order valence-corrected chi connectivity index (χ3v) is 3.36. The lowest BCUT2D eigenvalue weighted by atomic mass is 10.0. The minimum Gasteiger partial charge on any atom is -0.496 e. The van der Waals surface area contributed by atoms with Crippen LogP contribution in [0.3, 0.4) is 0 Å². The second-order valence-electron chi connectivity index (χ2n) is 4.78. The molecular formula is C16H19FN2O. The van der Waals surface area contributed by atoms with Crippen molar-refractivity contribution in [2.45, 2.75) is 25.9 Å². The van der Waals surface area contributed by atoms with Crippen LogP contribution in [-0.2, 0) is 0 Å². The van der Waals surface area contributed by atoms with Gasteiger partial charge in [-0.3, -0.25) is 4.98 Å². The zero-order valence-corrected chi connectivity index (χ0v) is 11.9. The highest BCUT2D eigenvalue weighted by Crippen LogP contribution is 2.27. The maximum Gasteiger partial charge on any atom is 0.123 e. The van der Waals surface area contributed by atoms with Crippen LogP contribution in [0.1, 0.15) is 37.1 Å². The van der Waals surface area contributed by atoms with Crippen molar-refractivity contribution in [2.75, 3.05) is 7.11 Å². The van der Waals surface area contributed by atoms with Gasteiger partial charge in [0.25, 0.3) is 0 Å². The predicted molar refractivity (Wildman–Crippen MR) is 77.2 cm³/mol. The standard InChI is InChI=1S/C16H19FN2O/c1-11(13-6-8-18-9-7-13)19-12(2)15-10-14(17)4-5-16(15)20-3/h4-12,19H,1-3H3. The van der Waals surface area contributed by atoms with Crippen LogP contribution in [0.15, 0.2) is 42.7 Å². The summed E-state index contributed by atoms with van der Waals surface area (Å²) in [6.07, 6.45) is 3.53. The molecule has 1 heterocycles. The third-order valence-electron chi connectivity index (χ3n) is 3.36. The number of benzene rings is 1. The quantitative estimate of drug-likeness (QED) is 0.903. The van der Waals surface area contributed by atoms with Gasteiger partial charge < -0.3 is 10.1 Å². The van der Waals surface area contributed by atoms with E-state index in [1.165, 1.54) is 12.1 Å². The summed E-state index contributed by atoms with van der Waals surface area (Å²) in [6.45, 7) is 4.06. The van der Waals surface area contributed by atoms with E-state index in [1.807, 2.05) is 19.1 Å². The van der Waals surface area contributed by atoms with Crippen molar-refractivity contribution in [1.29, 1.82) is 0 Å². The molecule has 0 radical (unpaired) electrons. The lowest BCUT2D eigenvalue weighted by Gasteiger charge is -2.22. The Kier molecular flexibility index (Phi) is 4.69. The first-order valence-corrected chi connectivity index (χ1v) is 6.61. The number of aromatic nitrogens is 1. The first-order valence-electron chi connectivity index (χ1n) is 6.61. The normalized spacial score (nSPS) is 13.8. The minimum absolute atomic E-state index is 0.0242. The van der Waals surface area contributed by atoms with Gasteiger partial charge in [0.15, 0.2) is 0 Å². The smallest absolute Gasteiger partial charge is 0.123 e. The average Bonchev–Trinajstić information content (AvgIpc) is 2.48. The number of nitrogens with one attached hydrogen (secondary N) is 1. The van der Waals surface area contributed by atoms with E-state index in [0.717, 1.165) is 11.1 Å². The highest BCUT2D eigenvalue weighted by molar-refractivity contribution is 5.36. The van der Waals surface area contributed by atoms with E-state index >= 15 is 0 Å². The highest BCUT2D eigenvalue weighted by atomic mass is 19.1. The van der Waals surface area contributed by atoms with Gasteiger partial charge in [0.1, 0.15) is 11.6 Å². The minimum atomic E-state index is -0.258. The molecular weight excluding hydrogens is 255 g/mol. The Morgan fingerprint density at radius 1 is 1.10 bits per heavy atom. The fourth-order valence-electron chi connectivity index (χ4n) is 2.26. The zero-order valence-electron chi connectivity index (χ0n) is 11.9. The zero-order chi connectivity index (χ0) is 14.5. The summed E-state index contributed by atoms with van der Waals surface area (Å²) in [4.78, 5) is 4.01. The number of hydrogen-bond acceptors (Lipinski definition) is 3. The number of pyridine rings is 1. The first kappa shape index (κ1) is 14.5. The molecule has 1 N–H and O–H groups in total. The van der Waals surface area contributed by atoms with Crippen LogP contribution < -0.4 is 10.1 Å². The van der Waals surface area contributed by atoms with Crippen LogP contribution in [0.5, 0.6) is 5.75 Å². The highest BCUT2D eigenvalue weighted by Gasteiger charge is 2.15. The van der Waals surface area contributed by atoms with E-state index < -0.39 is 0 Å². The molecule has 20 heavy (non-hydrogen) atoms. The molecule has 1 aromatic heterocycles. The monoisotopic (exact) mass is 274 g/mol. The van der Waals surface area contributed by atoms with Crippen molar-refractivity contribution in [1.82, 2.24) is 10.3 Å². The Hall–Kier alpha value is -1.94. The number of hydrogen-bond donors (Lipinski definition) is 1. The summed E-state index contributed by atoms with van der Waals surface area (Å²) in [5.74, 6) is 0.430. The van der Waals surface area contributed by atoms with E-state index in [-0.39, 0.29) is 17.9 Å². The van der Waals surface area contributed by atoms with Gasteiger partial charge in [-0.05, 0) is 49.7 Å². The van der Waals surface area contributed by atoms with Crippen LogP contribution in [0.4, 0.5) is 4.39 Å². The number of ether oxygens (including phenoxy) is 1. The number of rotatable bonds is 5. The second kappa shape index (κ2) is 6.48. The molecule has 1 aromatic carbocycles. The Bertz CT molecular complexity index is 560. The van der Waals surface area contributed by atoms with E-state index in [2.05, 4.69) is 17.2 Å². The van der Waals surface area contributed by atoms with Crippen LogP contribution in [-0.4, -0.2) is 12.1 Å². The fourth-order valence-corrected chi connectivity index (χ4v) is 2.26. The third kappa shape index (κ3) is 3.33. The molecule has 0 amide bonds. The lowest BCUT2D eigenvalue weighted by molar-refractivity contribution is 0.395. The summed E-state index contributed by atoms with van der Waals surface area (Å²) < 4.78 is 18.7. The lowest BCUT2D eigenvalue weighted by Crippen LogP contribution is -2.23. The number of halogens is 1. The van der Waals surface area contributed by atoms with Gasteiger partial charge in [-0.1, -0.05) is 0 Å². The Balaban J connectivity index is 2.16. The molecule has 4 heteroatoms. The average molecular weight is 274 g/mol. The molecule has 3 nitrogen and oxygen atoms in total. The van der Waals surface area contributed by atoms with Gasteiger partial charge in [-0.15, -0.1) is 0 Å². The molecule has 0 aliphatic heterocycles. The molecule has 0 bridgehead atoms. The van der Waals surface area contributed by atoms with Crippen molar-refractivity contribution >= 4 is 0 Å². The molecule has 2 rings (SSSR count). The summed E-state index contributed by atoms with van der Waals surface area (Å²) >= 11 is 0. The van der Waals surface area contributed by atoms with Crippen molar-refractivity contribution in [2.24, 2.45) is 0 Å².